The third-order valence-corrected chi connectivity index (χ3v) is 3.95. The number of unbranched alkanes of at least 4 members (excludes halogenated alkanes) is 4. The molecule has 0 saturated heterocycles. The van der Waals surface area contributed by atoms with Crippen LogP contribution in [-0.4, -0.2) is 14.6 Å². The molecule has 0 radical (unpaired) electrons. The van der Waals surface area contributed by atoms with E-state index < -0.39 is 0 Å². The van der Waals surface area contributed by atoms with Crippen molar-refractivity contribution in [3.05, 3.63) is 24.2 Å². The number of nitrogens with zero attached hydrogens (tertiary/aromatic N) is 3. The number of hydrogen-bond donors (Lipinski definition) is 1. The van der Waals surface area contributed by atoms with Gasteiger partial charge in [-0.15, -0.1) is 0 Å². The van der Waals surface area contributed by atoms with Crippen molar-refractivity contribution in [2.45, 2.75) is 64.7 Å². The van der Waals surface area contributed by atoms with Crippen molar-refractivity contribution in [1.82, 2.24) is 14.6 Å². The molecular formula is C16H26N4. The maximum Gasteiger partial charge on any atom is 0.154 e. The second kappa shape index (κ2) is 7.27. The van der Waals surface area contributed by atoms with Crippen LogP contribution in [0.3, 0.4) is 0 Å². The van der Waals surface area contributed by atoms with Crippen molar-refractivity contribution < 1.29 is 0 Å². The van der Waals surface area contributed by atoms with Gasteiger partial charge in [0.2, 0.25) is 0 Å². The van der Waals surface area contributed by atoms with E-state index in [4.69, 9.17) is 5.73 Å². The van der Waals surface area contributed by atoms with Crippen LogP contribution in [0.5, 0.6) is 0 Å². The number of fused-ring (bicyclic) bond motifs is 1. The van der Waals surface area contributed by atoms with Gasteiger partial charge in [-0.1, -0.05) is 46.0 Å². The van der Waals surface area contributed by atoms with Crippen molar-refractivity contribution in [3.8, 4) is 0 Å². The Bertz CT molecular complexity index is 532. The number of aromatic nitrogens is 3. The first kappa shape index (κ1) is 14.8. The van der Waals surface area contributed by atoms with Crippen LogP contribution < -0.4 is 5.73 Å². The Morgan fingerprint density at radius 1 is 1.20 bits per heavy atom. The van der Waals surface area contributed by atoms with Gasteiger partial charge in [0.25, 0.3) is 0 Å². The summed E-state index contributed by atoms with van der Waals surface area (Å²) in [6.07, 6.45) is 10.7. The molecule has 1 unspecified atom stereocenters. The summed E-state index contributed by atoms with van der Waals surface area (Å²) in [6.45, 7) is 4.45. The molecule has 0 aliphatic rings. The summed E-state index contributed by atoms with van der Waals surface area (Å²) in [4.78, 5) is 4.51. The number of hydrogen-bond acceptors (Lipinski definition) is 3. The van der Waals surface area contributed by atoms with Crippen molar-refractivity contribution in [3.63, 3.8) is 0 Å². The van der Waals surface area contributed by atoms with Gasteiger partial charge in [0.15, 0.2) is 11.6 Å². The van der Waals surface area contributed by atoms with Gasteiger partial charge in [0, 0.05) is 12.1 Å². The van der Waals surface area contributed by atoms with Crippen LogP contribution in [-0.2, 0) is 0 Å². The smallest absolute Gasteiger partial charge is 0.154 e. The minimum absolute atomic E-state index is 0.422. The van der Waals surface area contributed by atoms with Crippen LogP contribution in [0.25, 0.3) is 5.52 Å². The zero-order chi connectivity index (χ0) is 14.4. The minimum Gasteiger partial charge on any atom is -0.382 e. The zero-order valence-corrected chi connectivity index (χ0v) is 12.7. The first-order valence-corrected chi connectivity index (χ1v) is 7.87. The fourth-order valence-corrected chi connectivity index (χ4v) is 2.66. The lowest BCUT2D eigenvalue weighted by atomic mass is 9.97. The predicted octanol–water partition coefficient (Wildman–Crippen LogP) is 4.17. The molecule has 0 aliphatic heterocycles. The molecule has 0 spiro atoms. The Kier molecular flexibility index (Phi) is 5.39. The van der Waals surface area contributed by atoms with Crippen LogP contribution in [0.1, 0.15) is 70.5 Å². The van der Waals surface area contributed by atoms with Gasteiger partial charge in [-0.3, -0.25) is 0 Å². The van der Waals surface area contributed by atoms with Gasteiger partial charge >= 0.3 is 0 Å². The lowest BCUT2D eigenvalue weighted by molar-refractivity contribution is 0.510. The quantitative estimate of drug-likeness (QED) is 0.735. The molecule has 2 heterocycles. The summed E-state index contributed by atoms with van der Waals surface area (Å²) in [7, 11) is 0. The van der Waals surface area contributed by atoms with Crippen LogP contribution in [0.4, 0.5) is 5.82 Å². The Labute approximate surface area is 121 Å². The van der Waals surface area contributed by atoms with E-state index in [0.717, 1.165) is 24.2 Å². The van der Waals surface area contributed by atoms with E-state index in [1.807, 2.05) is 22.8 Å². The molecule has 110 valence electrons. The monoisotopic (exact) mass is 274 g/mol. The SMILES string of the molecule is CCCCCCCC(CC)c1nc(N)c2cccn2n1. The summed E-state index contributed by atoms with van der Waals surface area (Å²) in [5, 5.41) is 4.61. The summed E-state index contributed by atoms with van der Waals surface area (Å²) < 4.78 is 1.84. The standard InChI is InChI=1S/C16H26N4/c1-3-5-6-7-8-10-13(4-2)16-18-15(17)14-11-9-12-20(14)19-16/h9,11-13H,3-8,10H2,1-2H3,(H2,17,18,19). The van der Waals surface area contributed by atoms with Crippen molar-refractivity contribution in [1.29, 1.82) is 0 Å². The van der Waals surface area contributed by atoms with Crippen molar-refractivity contribution in [2.75, 3.05) is 5.73 Å². The Hall–Kier alpha value is -1.58. The molecule has 1 atom stereocenters. The molecular weight excluding hydrogens is 248 g/mol. The highest BCUT2D eigenvalue weighted by Gasteiger charge is 2.14. The van der Waals surface area contributed by atoms with Gasteiger partial charge in [-0.2, -0.15) is 5.10 Å². The number of rotatable bonds is 8. The van der Waals surface area contributed by atoms with Gasteiger partial charge < -0.3 is 5.73 Å². The number of nitrogens with two attached hydrogens (primary N) is 1. The first-order chi connectivity index (χ1) is 9.76. The van der Waals surface area contributed by atoms with Crippen LogP contribution in [0.15, 0.2) is 18.3 Å². The van der Waals surface area contributed by atoms with Crippen molar-refractivity contribution in [2.24, 2.45) is 0 Å². The largest absolute Gasteiger partial charge is 0.382 e. The molecule has 0 fully saturated rings. The molecule has 20 heavy (non-hydrogen) atoms. The summed E-state index contributed by atoms with van der Waals surface area (Å²) in [6, 6.07) is 3.90. The lowest BCUT2D eigenvalue weighted by Crippen LogP contribution is -2.10. The molecule has 0 amide bonds. The van der Waals surface area contributed by atoms with Crippen LogP contribution >= 0.6 is 0 Å². The van der Waals surface area contributed by atoms with Crippen molar-refractivity contribution >= 4 is 11.3 Å². The average Bonchev–Trinajstić information content (AvgIpc) is 2.92. The van der Waals surface area contributed by atoms with E-state index >= 15 is 0 Å². The fraction of sp³-hybridized carbons (Fsp3) is 0.625. The normalized spacial score (nSPS) is 12.9. The molecule has 2 rings (SSSR count). The third-order valence-electron chi connectivity index (χ3n) is 3.95. The van der Waals surface area contributed by atoms with Gasteiger partial charge in [0.1, 0.15) is 5.52 Å². The Morgan fingerprint density at radius 3 is 2.75 bits per heavy atom. The summed E-state index contributed by atoms with van der Waals surface area (Å²) >= 11 is 0. The molecule has 0 saturated carbocycles. The molecule has 4 nitrogen and oxygen atoms in total. The molecule has 2 aromatic heterocycles. The molecule has 0 bridgehead atoms. The highest BCUT2D eigenvalue weighted by Crippen LogP contribution is 2.24. The Morgan fingerprint density at radius 2 is 2.00 bits per heavy atom. The highest BCUT2D eigenvalue weighted by atomic mass is 15.3. The third kappa shape index (κ3) is 3.50. The lowest BCUT2D eigenvalue weighted by Gasteiger charge is -2.14. The molecule has 0 aromatic carbocycles. The van der Waals surface area contributed by atoms with E-state index in [1.165, 1.54) is 32.1 Å². The highest BCUT2D eigenvalue weighted by molar-refractivity contribution is 5.64. The fourth-order valence-electron chi connectivity index (χ4n) is 2.66. The zero-order valence-electron chi connectivity index (χ0n) is 12.7. The summed E-state index contributed by atoms with van der Waals surface area (Å²) in [5.41, 5.74) is 6.91. The predicted molar refractivity (Wildman–Crippen MR) is 83.8 cm³/mol. The minimum atomic E-state index is 0.422. The molecule has 4 heteroatoms. The molecule has 2 aromatic rings. The van der Waals surface area contributed by atoms with E-state index in [9.17, 15) is 0 Å². The maximum absolute atomic E-state index is 6.02. The van der Waals surface area contributed by atoms with E-state index in [2.05, 4.69) is 23.9 Å². The average molecular weight is 274 g/mol. The maximum atomic E-state index is 6.02. The first-order valence-electron chi connectivity index (χ1n) is 7.87. The second-order valence-electron chi connectivity index (χ2n) is 5.50. The van der Waals surface area contributed by atoms with Gasteiger partial charge in [0.05, 0.1) is 0 Å². The second-order valence-corrected chi connectivity index (χ2v) is 5.50. The van der Waals surface area contributed by atoms with E-state index in [1.54, 1.807) is 0 Å². The van der Waals surface area contributed by atoms with Crippen LogP contribution in [0, 0.1) is 0 Å². The molecule has 0 aliphatic carbocycles. The summed E-state index contributed by atoms with van der Waals surface area (Å²) in [5.74, 6) is 1.90. The van der Waals surface area contributed by atoms with E-state index in [0.29, 0.717) is 11.7 Å². The van der Waals surface area contributed by atoms with Gasteiger partial charge in [-0.05, 0) is 25.0 Å². The topological polar surface area (TPSA) is 56.2 Å². The van der Waals surface area contributed by atoms with Crippen LogP contribution in [0.2, 0.25) is 0 Å². The molecule has 2 N–H and O–H groups in total. The van der Waals surface area contributed by atoms with E-state index in [-0.39, 0.29) is 0 Å². The number of anilines is 1. The number of nitrogen functional groups attached to an aromatic ring is 1. The van der Waals surface area contributed by atoms with Gasteiger partial charge in [-0.25, -0.2) is 9.50 Å². The Balaban J connectivity index is 2.01.